The molecule has 0 saturated carbocycles. The van der Waals surface area contributed by atoms with Crippen molar-refractivity contribution >= 4 is 0 Å². The van der Waals surface area contributed by atoms with Gasteiger partial charge in [0.15, 0.2) is 6.10 Å². The molecule has 90 valence electrons. The molecule has 4 nitrogen and oxygen atoms in total. The Balaban J connectivity index is 2.87. The summed E-state index contributed by atoms with van der Waals surface area (Å²) < 4.78 is 36.8. The molecule has 1 aromatic rings. The van der Waals surface area contributed by atoms with Gasteiger partial charge in [-0.15, -0.1) is 0 Å². The predicted molar refractivity (Wildman–Crippen MR) is 49.9 cm³/mol. The molecule has 1 N–H and O–H groups in total. The van der Waals surface area contributed by atoms with Gasteiger partial charge in [0.2, 0.25) is 0 Å². The van der Waals surface area contributed by atoms with Crippen LogP contribution in [0.25, 0.3) is 0 Å². The number of aliphatic hydroxyl groups is 1. The van der Waals surface area contributed by atoms with Crippen LogP contribution < -0.4 is 5.56 Å². The summed E-state index contributed by atoms with van der Waals surface area (Å²) in [6.45, 7) is 0.940. The zero-order chi connectivity index (χ0) is 12.3. The maximum atomic E-state index is 12.0. The second kappa shape index (κ2) is 4.65. The Morgan fingerprint density at radius 1 is 1.56 bits per heavy atom. The molecule has 0 amide bonds. The van der Waals surface area contributed by atoms with Gasteiger partial charge in [-0.1, -0.05) is 6.92 Å². The smallest absolute Gasteiger partial charge is 0.382 e. The topological polar surface area (TPSA) is 55.1 Å². The minimum Gasteiger partial charge on any atom is -0.382 e. The Morgan fingerprint density at radius 2 is 2.19 bits per heavy atom. The van der Waals surface area contributed by atoms with Crippen molar-refractivity contribution in [2.75, 3.05) is 0 Å². The number of aromatic nitrogens is 2. The fourth-order valence-corrected chi connectivity index (χ4v) is 1.08. The third-order valence-corrected chi connectivity index (χ3v) is 2.05. The van der Waals surface area contributed by atoms with Gasteiger partial charge < -0.3 is 5.11 Å². The summed E-state index contributed by atoms with van der Waals surface area (Å²) in [7, 11) is 0. The SMILES string of the molecule is CCc1cc(=O)n(CC(O)C(F)(F)F)cn1. The molecule has 1 heterocycles. The van der Waals surface area contributed by atoms with Crippen LogP contribution in [0.1, 0.15) is 12.6 Å². The number of alkyl halides is 3. The molecule has 0 aliphatic rings. The molecule has 1 aromatic heterocycles. The average Bonchev–Trinajstić information content (AvgIpc) is 2.19. The molecular formula is C9H11F3N2O2. The van der Waals surface area contributed by atoms with Gasteiger partial charge in [-0.2, -0.15) is 13.2 Å². The molecule has 16 heavy (non-hydrogen) atoms. The maximum absolute atomic E-state index is 12.0. The van der Waals surface area contributed by atoms with Crippen LogP contribution in [-0.2, 0) is 13.0 Å². The van der Waals surface area contributed by atoms with E-state index in [4.69, 9.17) is 5.11 Å². The van der Waals surface area contributed by atoms with Crippen LogP contribution in [0.4, 0.5) is 13.2 Å². The Hall–Kier alpha value is -1.37. The fraction of sp³-hybridized carbons (Fsp3) is 0.556. The molecule has 0 saturated heterocycles. The largest absolute Gasteiger partial charge is 0.416 e. The van der Waals surface area contributed by atoms with E-state index in [1.165, 1.54) is 0 Å². The number of hydrogen-bond acceptors (Lipinski definition) is 3. The van der Waals surface area contributed by atoms with Crippen molar-refractivity contribution in [1.29, 1.82) is 0 Å². The lowest BCUT2D eigenvalue weighted by atomic mass is 10.3. The Kier molecular flexibility index (Phi) is 3.69. The van der Waals surface area contributed by atoms with Gasteiger partial charge in [0.25, 0.3) is 5.56 Å². The molecule has 1 rings (SSSR count). The summed E-state index contributed by atoms with van der Waals surface area (Å²) in [5, 5.41) is 8.78. The van der Waals surface area contributed by atoms with E-state index in [1.54, 1.807) is 6.92 Å². The highest BCUT2D eigenvalue weighted by Gasteiger charge is 2.38. The van der Waals surface area contributed by atoms with Crippen molar-refractivity contribution in [2.24, 2.45) is 0 Å². The Labute approximate surface area is 89.4 Å². The van der Waals surface area contributed by atoms with Crippen molar-refractivity contribution in [3.8, 4) is 0 Å². The number of halogens is 3. The molecular weight excluding hydrogens is 225 g/mol. The summed E-state index contributed by atoms with van der Waals surface area (Å²) in [4.78, 5) is 15.1. The van der Waals surface area contributed by atoms with E-state index in [0.717, 1.165) is 17.0 Å². The zero-order valence-electron chi connectivity index (χ0n) is 8.53. The molecule has 0 fully saturated rings. The highest BCUT2D eigenvalue weighted by molar-refractivity contribution is 4.99. The van der Waals surface area contributed by atoms with Gasteiger partial charge >= 0.3 is 6.18 Å². The standard InChI is InChI=1S/C9H11F3N2O2/c1-2-6-3-8(16)14(5-13-6)4-7(15)9(10,11)12/h3,5,7,15H,2,4H2,1H3. The third-order valence-electron chi connectivity index (χ3n) is 2.05. The van der Waals surface area contributed by atoms with Crippen LogP contribution in [0.15, 0.2) is 17.2 Å². The quantitative estimate of drug-likeness (QED) is 0.841. The van der Waals surface area contributed by atoms with Gasteiger partial charge in [-0.25, -0.2) is 4.98 Å². The first kappa shape index (κ1) is 12.7. The van der Waals surface area contributed by atoms with Crippen LogP contribution in [0, 0.1) is 0 Å². The van der Waals surface area contributed by atoms with Crippen molar-refractivity contribution in [3.63, 3.8) is 0 Å². The van der Waals surface area contributed by atoms with Crippen LogP contribution >= 0.6 is 0 Å². The van der Waals surface area contributed by atoms with Crippen molar-refractivity contribution < 1.29 is 18.3 Å². The number of hydrogen-bond donors (Lipinski definition) is 1. The number of aryl methyl sites for hydroxylation is 1. The lowest BCUT2D eigenvalue weighted by molar-refractivity contribution is -0.207. The normalized spacial score (nSPS) is 13.8. The second-order valence-corrected chi connectivity index (χ2v) is 3.28. The van der Waals surface area contributed by atoms with E-state index >= 15 is 0 Å². The first-order chi connectivity index (χ1) is 7.34. The predicted octanol–water partition coefficient (Wildman–Crippen LogP) is 0.729. The minimum atomic E-state index is -4.73. The molecule has 0 spiro atoms. The van der Waals surface area contributed by atoms with Crippen molar-refractivity contribution in [2.45, 2.75) is 32.2 Å². The van der Waals surface area contributed by atoms with Crippen molar-refractivity contribution in [3.05, 3.63) is 28.4 Å². The van der Waals surface area contributed by atoms with E-state index < -0.39 is 24.4 Å². The van der Waals surface area contributed by atoms with Gasteiger partial charge in [0.05, 0.1) is 12.9 Å². The number of aliphatic hydroxyl groups excluding tert-OH is 1. The highest BCUT2D eigenvalue weighted by Crippen LogP contribution is 2.20. The van der Waals surface area contributed by atoms with Crippen molar-refractivity contribution in [1.82, 2.24) is 9.55 Å². The zero-order valence-corrected chi connectivity index (χ0v) is 8.53. The van der Waals surface area contributed by atoms with E-state index in [-0.39, 0.29) is 0 Å². The molecule has 0 aliphatic heterocycles. The average molecular weight is 236 g/mol. The molecule has 1 atom stereocenters. The maximum Gasteiger partial charge on any atom is 0.416 e. The minimum absolute atomic E-state index is 0.503. The number of nitrogens with zero attached hydrogens (tertiary/aromatic N) is 2. The summed E-state index contributed by atoms with van der Waals surface area (Å²) in [6.07, 6.45) is -5.75. The van der Waals surface area contributed by atoms with Gasteiger partial charge in [-0.3, -0.25) is 9.36 Å². The van der Waals surface area contributed by atoms with Gasteiger partial charge in [0.1, 0.15) is 0 Å². The highest BCUT2D eigenvalue weighted by atomic mass is 19.4. The molecule has 0 aromatic carbocycles. The summed E-state index contributed by atoms with van der Waals surface area (Å²) >= 11 is 0. The molecule has 0 radical (unpaired) electrons. The lowest BCUT2D eigenvalue weighted by Crippen LogP contribution is -2.36. The van der Waals surface area contributed by atoms with E-state index in [1.807, 2.05) is 0 Å². The molecule has 7 heteroatoms. The second-order valence-electron chi connectivity index (χ2n) is 3.28. The lowest BCUT2D eigenvalue weighted by Gasteiger charge is -2.15. The Bertz CT molecular complexity index is 414. The summed E-state index contributed by atoms with van der Waals surface area (Å²) in [5.41, 5.74) is -0.0992. The van der Waals surface area contributed by atoms with Crippen LogP contribution in [0.2, 0.25) is 0 Å². The summed E-state index contributed by atoms with van der Waals surface area (Å²) in [6, 6.07) is 1.16. The van der Waals surface area contributed by atoms with Gasteiger partial charge in [-0.05, 0) is 6.42 Å². The molecule has 0 bridgehead atoms. The first-order valence-corrected chi connectivity index (χ1v) is 4.64. The summed E-state index contributed by atoms with van der Waals surface area (Å²) in [5.74, 6) is 0. The number of rotatable bonds is 3. The van der Waals surface area contributed by atoms with Crippen LogP contribution in [0.3, 0.4) is 0 Å². The van der Waals surface area contributed by atoms with Gasteiger partial charge in [0, 0.05) is 11.8 Å². The third kappa shape index (κ3) is 3.06. The first-order valence-electron chi connectivity index (χ1n) is 4.64. The molecule has 0 aliphatic carbocycles. The fourth-order valence-electron chi connectivity index (χ4n) is 1.08. The monoisotopic (exact) mass is 236 g/mol. The van der Waals surface area contributed by atoms with E-state index in [2.05, 4.69) is 4.98 Å². The van der Waals surface area contributed by atoms with E-state index in [0.29, 0.717) is 12.1 Å². The van der Waals surface area contributed by atoms with Crippen LogP contribution in [-0.4, -0.2) is 26.9 Å². The Morgan fingerprint density at radius 3 is 2.62 bits per heavy atom. The van der Waals surface area contributed by atoms with E-state index in [9.17, 15) is 18.0 Å². The van der Waals surface area contributed by atoms with Crippen LogP contribution in [0.5, 0.6) is 0 Å². The molecule has 1 unspecified atom stereocenters.